The van der Waals surface area contributed by atoms with Crippen molar-refractivity contribution in [1.29, 1.82) is 0 Å². The van der Waals surface area contributed by atoms with E-state index in [2.05, 4.69) is 47.3 Å². The zero-order valence-electron chi connectivity index (χ0n) is 23.1. The number of rotatable bonds is 7. The number of fused-ring (bicyclic) bond motifs is 1. The topological polar surface area (TPSA) is 132 Å². The molecule has 1 aliphatic carbocycles. The molecule has 3 heterocycles. The van der Waals surface area contributed by atoms with E-state index in [0.717, 1.165) is 35.2 Å². The normalized spacial score (nSPS) is 21.5. The molecule has 3 aromatic heterocycles. The van der Waals surface area contributed by atoms with Gasteiger partial charge in [-0.05, 0) is 51.8 Å². The van der Waals surface area contributed by atoms with E-state index in [1.54, 1.807) is 37.0 Å². The van der Waals surface area contributed by atoms with E-state index in [-0.39, 0.29) is 17.0 Å². The Hall–Kier alpha value is -3.40. The first kappa shape index (κ1) is 27.2. The highest BCUT2D eigenvalue weighted by atomic mass is 35.5. The predicted octanol–water partition coefficient (Wildman–Crippen LogP) is 4.98. The molecular weight excluding hydrogens is 512 g/mol. The van der Waals surface area contributed by atoms with E-state index < -0.39 is 5.60 Å². The lowest BCUT2D eigenvalue weighted by Crippen LogP contribution is -2.51. The molecule has 4 aromatic rings. The van der Waals surface area contributed by atoms with Gasteiger partial charge in [0, 0.05) is 40.5 Å². The first-order valence-electron chi connectivity index (χ1n) is 13.2. The number of hydrogen-bond acceptors (Lipinski definition) is 6. The number of amidine groups is 1. The highest BCUT2D eigenvalue weighted by Gasteiger charge is 2.49. The van der Waals surface area contributed by atoms with Gasteiger partial charge in [0.05, 0.1) is 52.0 Å². The van der Waals surface area contributed by atoms with Crippen LogP contribution in [-0.2, 0) is 6.54 Å². The first-order valence-corrected chi connectivity index (χ1v) is 13.5. The summed E-state index contributed by atoms with van der Waals surface area (Å²) in [6, 6.07) is 9.52. The zero-order chi connectivity index (χ0) is 28.2. The highest BCUT2D eigenvalue weighted by Crippen LogP contribution is 2.46. The van der Waals surface area contributed by atoms with Gasteiger partial charge in [0.25, 0.3) is 0 Å². The molecule has 206 valence electrons. The molecule has 6 N–H and O–H groups in total. The number of aromatic nitrogens is 4. The van der Waals surface area contributed by atoms with Gasteiger partial charge in [-0.15, -0.1) is 0 Å². The Bertz CT molecular complexity index is 1540. The lowest BCUT2D eigenvalue weighted by molar-refractivity contribution is 0.0577. The summed E-state index contributed by atoms with van der Waals surface area (Å²) in [5.41, 5.74) is 16.8. The van der Waals surface area contributed by atoms with Gasteiger partial charge in [0.1, 0.15) is 5.84 Å². The van der Waals surface area contributed by atoms with Crippen LogP contribution >= 0.6 is 11.6 Å². The molecule has 9 nitrogen and oxygen atoms in total. The van der Waals surface area contributed by atoms with E-state index in [9.17, 15) is 5.11 Å². The van der Waals surface area contributed by atoms with Crippen LogP contribution in [0.5, 0.6) is 0 Å². The summed E-state index contributed by atoms with van der Waals surface area (Å²) in [6.45, 7) is 10.4. The van der Waals surface area contributed by atoms with E-state index in [1.807, 2.05) is 35.1 Å². The van der Waals surface area contributed by atoms with Gasteiger partial charge in [0.2, 0.25) is 0 Å². The van der Waals surface area contributed by atoms with Crippen molar-refractivity contribution in [3.8, 4) is 11.1 Å². The molecule has 0 aliphatic heterocycles. The van der Waals surface area contributed by atoms with Gasteiger partial charge >= 0.3 is 0 Å². The van der Waals surface area contributed by atoms with Crippen molar-refractivity contribution in [3.05, 3.63) is 65.7 Å². The van der Waals surface area contributed by atoms with Crippen molar-refractivity contribution in [2.24, 2.45) is 21.9 Å². The molecule has 1 saturated carbocycles. The molecule has 1 fully saturated rings. The highest BCUT2D eigenvalue weighted by molar-refractivity contribution is 6.33. The number of nitrogens with two attached hydrogens (primary N) is 2. The second-order valence-electron chi connectivity index (χ2n) is 12.1. The van der Waals surface area contributed by atoms with Crippen LogP contribution < -0.4 is 16.8 Å². The molecule has 1 aliphatic rings. The predicted molar refractivity (Wildman–Crippen MR) is 158 cm³/mol. The SMILES string of the molecule is CC(C)(O)Cn1cc(-c2cc3c(N[C@@H]4CC[C@](C)(N)C4(C)C)c(C(N)=Nc4ccccc4Cl)cnn3c2)cn1. The summed E-state index contributed by atoms with van der Waals surface area (Å²) < 4.78 is 3.58. The number of aliphatic hydroxyl groups is 1. The first-order chi connectivity index (χ1) is 18.2. The summed E-state index contributed by atoms with van der Waals surface area (Å²) in [5.74, 6) is 0.313. The minimum Gasteiger partial charge on any atom is -0.389 e. The molecule has 0 spiro atoms. The van der Waals surface area contributed by atoms with E-state index >= 15 is 0 Å². The molecule has 2 atom stereocenters. The van der Waals surface area contributed by atoms with Gasteiger partial charge in [0.15, 0.2) is 0 Å². The minimum absolute atomic E-state index is 0.110. The van der Waals surface area contributed by atoms with Crippen LogP contribution in [0.15, 0.2) is 60.1 Å². The maximum atomic E-state index is 10.2. The summed E-state index contributed by atoms with van der Waals surface area (Å²) in [7, 11) is 0. The van der Waals surface area contributed by atoms with Crippen LogP contribution in [0.3, 0.4) is 0 Å². The summed E-state index contributed by atoms with van der Waals surface area (Å²) in [4.78, 5) is 4.65. The van der Waals surface area contributed by atoms with Crippen LogP contribution in [-0.4, -0.2) is 47.5 Å². The van der Waals surface area contributed by atoms with Crippen LogP contribution in [0.25, 0.3) is 16.6 Å². The van der Waals surface area contributed by atoms with Crippen LogP contribution in [0.4, 0.5) is 11.4 Å². The maximum absolute atomic E-state index is 10.2. The fourth-order valence-electron chi connectivity index (χ4n) is 5.24. The van der Waals surface area contributed by atoms with E-state index in [1.165, 1.54) is 0 Å². The number of nitrogens with one attached hydrogen (secondary N) is 1. The Morgan fingerprint density at radius 1 is 1.18 bits per heavy atom. The molecule has 0 radical (unpaired) electrons. The van der Waals surface area contributed by atoms with Crippen molar-refractivity contribution in [2.45, 2.75) is 71.2 Å². The number of benzene rings is 1. The lowest BCUT2D eigenvalue weighted by atomic mass is 9.75. The molecule has 0 amide bonds. The Balaban J connectivity index is 1.61. The zero-order valence-corrected chi connectivity index (χ0v) is 23.9. The molecule has 0 unspecified atom stereocenters. The van der Waals surface area contributed by atoms with Crippen LogP contribution in [0.1, 0.15) is 53.0 Å². The molecule has 0 saturated heterocycles. The van der Waals surface area contributed by atoms with Gasteiger partial charge in [-0.1, -0.05) is 37.6 Å². The minimum atomic E-state index is -0.869. The van der Waals surface area contributed by atoms with Crippen molar-refractivity contribution < 1.29 is 5.11 Å². The Morgan fingerprint density at radius 2 is 1.92 bits per heavy atom. The average Bonchev–Trinajstić information content (AvgIpc) is 3.52. The van der Waals surface area contributed by atoms with Gasteiger partial charge < -0.3 is 21.9 Å². The standard InChI is InChI=1S/C29H37ClN8O/c1-27(2,39)17-37-15-19(13-33-37)18-12-23-25(36-24-10-11-29(5,32)28(24,3)4)20(14-34-38(23)16-18)26(31)35-22-9-7-6-8-21(22)30/h6-9,12-16,24,36,39H,10-11,17,32H2,1-5H3,(H2,31,35)/t24-,29+/m1/s1. The molecule has 1 aromatic carbocycles. The maximum Gasteiger partial charge on any atom is 0.135 e. The molecule has 39 heavy (non-hydrogen) atoms. The number of para-hydroxylation sites is 1. The number of aliphatic imine (C=N–C) groups is 1. The monoisotopic (exact) mass is 548 g/mol. The second kappa shape index (κ2) is 9.66. The number of nitrogens with zero attached hydrogens (tertiary/aromatic N) is 5. The van der Waals surface area contributed by atoms with Gasteiger partial charge in [-0.25, -0.2) is 9.51 Å². The Labute approximate surface area is 233 Å². The van der Waals surface area contributed by atoms with E-state index in [0.29, 0.717) is 28.7 Å². The number of halogens is 1. The summed E-state index contributed by atoms with van der Waals surface area (Å²) >= 11 is 6.37. The third-order valence-corrected chi connectivity index (χ3v) is 8.46. The average molecular weight is 549 g/mol. The van der Waals surface area contributed by atoms with Crippen LogP contribution in [0, 0.1) is 5.41 Å². The summed E-state index contributed by atoms with van der Waals surface area (Å²) in [5, 5.41) is 23.6. The fourth-order valence-corrected chi connectivity index (χ4v) is 5.42. The van der Waals surface area contributed by atoms with Crippen molar-refractivity contribution in [2.75, 3.05) is 5.32 Å². The Kier molecular flexibility index (Phi) is 6.73. The lowest BCUT2D eigenvalue weighted by Gasteiger charge is -2.39. The second-order valence-corrected chi connectivity index (χ2v) is 12.5. The Morgan fingerprint density at radius 3 is 2.59 bits per heavy atom. The summed E-state index contributed by atoms with van der Waals surface area (Å²) in [6.07, 6.45) is 9.24. The molecule has 5 rings (SSSR count). The largest absolute Gasteiger partial charge is 0.389 e. The number of hydrogen-bond donors (Lipinski definition) is 4. The van der Waals surface area contributed by atoms with Crippen molar-refractivity contribution >= 4 is 34.3 Å². The molecular formula is C29H37ClN8O. The molecule has 0 bridgehead atoms. The van der Waals surface area contributed by atoms with Gasteiger partial charge in [-0.2, -0.15) is 10.2 Å². The fraction of sp³-hybridized carbons (Fsp3) is 0.414. The third-order valence-electron chi connectivity index (χ3n) is 8.14. The van der Waals surface area contributed by atoms with Gasteiger partial charge in [-0.3, -0.25) is 4.68 Å². The number of anilines is 1. The van der Waals surface area contributed by atoms with E-state index in [4.69, 9.17) is 23.1 Å². The van der Waals surface area contributed by atoms with Crippen molar-refractivity contribution in [1.82, 2.24) is 19.4 Å². The smallest absolute Gasteiger partial charge is 0.135 e. The van der Waals surface area contributed by atoms with Crippen molar-refractivity contribution in [3.63, 3.8) is 0 Å². The third kappa shape index (κ3) is 5.26. The molecule has 10 heteroatoms. The van der Waals surface area contributed by atoms with Crippen LogP contribution in [0.2, 0.25) is 5.02 Å². The quantitative estimate of drug-likeness (QED) is 0.190.